The summed E-state index contributed by atoms with van der Waals surface area (Å²) in [5.41, 5.74) is 0.605. The van der Waals surface area contributed by atoms with E-state index in [-0.39, 0.29) is 18.1 Å². The van der Waals surface area contributed by atoms with Crippen LogP contribution in [0.25, 0.3) is 0 Å². The summed E-state index contributed by atoms with van der Waals surface area (Å²) in [7, 11) is 0. The van der Waals surface area contributed by atoms with Gasteiger partial charge in [0, 0.05) is 25.6 Å². The van der Waals surface area contributed by atoms with Gasteiger partial charge in [-0.05, 0) is 31.9 Å². The fourth-order valence-corrected chi connectivity index (χ4v) is 3.36. The number of nitrogens with zero attached hydrogens (tertiary/aromatic N) is 1. The van der Waals surface area contributed by atoms with Crippen molar-refractivity contribution in [2.75, 3.05) is 46.1 Å². The van der Waals surface area contributed by atoms with Crippen molar-refractivity contribution in [3.63, 3.8) is 0 Å². The molecule has 0 aromatic heterocycles. The molecule has 2 saturated heterocycles. The van der Waals surface area contributed by atoms with Crippen LogP contribution in [0.2, 0.25) is 0 Å². The smallest absolute Gasteiger partial charge is 0.257 e. The minimum Gasteiger partial charge on any atom is -0.490 e. The fourth-order valence-electron chi connectivity index (χ4n) is 3.36. The Morgan fingerprint density at radius 3 is 2.84 bits per heavy atom. The number of carbonyl (C=O) groups is 1. The molecule has 1 aromatic rings. The van der Waals surface area contributed by atoms with Crippen LogP contribution in [0.4, 0.5) is 0 Å². The predicted molar refractivity (Wildman–Crippen MR) is 92.7 cm³/mol. The third-order valence-electron chi connectivity index (χ3n) is 4.58. The average Bonchev–Trinajstić information content (AvgIpc) is 3.20. The third kappa shape index (κ3) is 4.71. The lowest BCUT2D eigenvalue weighted by Crippen LogP contribution is -2.44. The van der Waals surface area contributed by atoms with Crippen molar-refractivity contribution in [2.24, 2.45) is 5.92 Å². The highest BCUT2D eigenvalue weighted by Gasteiger charge is 2.33. The van der Waals surface area contributed by atoms with Gasteiger partial charge in [0.15, 0.2) is 6.29 Å². The standard InChI is InChI=1S/C19H27NO5/c1-2-22-10-11-23-17-8-4-3-7-16(17)18(21)20-9-5-6-15(14-20)19-24-12-13-25-19/h3-4,7-8,15,19H,2,5-6,9-14H2,1H3. The van der Waals surface area contributed by atoms with Gasteiger partial charge in [-0.1, -0.05) is 12.1 Å². The Labute approximate surface area is 149 Å². The second-order valence-electron chi connectivity index (χ2n) is 6.30. The zero-order valence-corrected chi connectivity index (χ0v) is 14.8. The molecule has 1 amide bonds. The van der Waals surface area contributed by atoms with Crippen molar-refractivity contribution in [2.45, 2.75) is 26.1 Å². The number of likely N-dealkylation sites (tertiary alicyclic amines) is 1. The molecule has 1 unspecified atom stereocenters. The second kappa shape index (κ2) is 9.17. The summed E-state index contributed by atoms with van der Waals surface area (Å²) >= 11 is 0. The molecular weight excluding hydrogens is 322 g/mol. The molecular formula is C19H27NO5. The van der Waals surface area contributed by atoms with Gasteiger partial charge >= 0.3 is 0 Å². The number of benzene rings is 1. The summed E-state index contributed by atoms with van der Waals surface area (Å²) in [6.07, 6.45) is 1.82. The van der Waals surface area contributed by atoms with Gasteiger partial charge in [-0.3, -0.25) is 4.79 Å². The Bertz CT molecular complexity index is 559. The van der Waals surface area contributed by atoms with Crippen molar-refractivity contribution in [3.8, 4) is 5.75 Å². The average molecular weight is 349 g/mol. The first-order chi connectivity index (χ1) is 12.3. The molecule has 1 atom stereocenters. The largest absolute Gasteiger partial charge is 0.490 e. The molecule has 6 heteroatoms. The van der Waals surface area contributed by atoms with Crippen LogP contribution in [-0.2, 0) is 14.2 Å². The highest BCUT2D eigenvalue weighted by molar-refractivity contribution is 5.97. The fraction of sp³-hybridized carbons (Fsp3) is 0.632. The maximum Gasteiger partial charge on any atom is 0.257 e. The van der Waals surface area contributed by atoms with Gasteiger partial charge in [0.05, 0.1) is 25.4 Å². The Morgan fingerprint density at radius 1 is 1.24 bits per heavy atom. The molecule has 0 saturated carbocycles. The number of hydrogen-bond acceptors (Lipinski definition) is 5. The molecule has 1 aromatic carbocycles. The Balaban J connectivity index is 1.63. The van der Waals surface area contributed by atoms with E-state index in [1.807, 2.05) is 36.1 Å². The van der Waals surface area contributed by atoms with E-state index in [4.69, 9.17) is 18.9 Å². The van der Waals surface area contributed by atoms with E-state index >= 15 is 0 Å². The van der Waals surface area contributed by atoms with Gasteiger partial charge in [-0.25, -0.2) is 0 Å². The first-order valence-electron chi connectivity index (χ1n) is 9.11. The molecule has 6 nitrogen and oxygen atoms in total. The van der Waals surface area contributed by atoms with E-state index in [0.717, 1.165) is 19.4 Å². The molecule has 2 heterocycles. The molecule has 138 valence electrons. The van der Waals surface area contributed by atoms with Gasteiger partial charge in [-0.2, -0.15) is 0 Å². The summed E-state index contributed by atoms with van der Waals surface area (Å²) in [5.74, 6) is 0.864. The van der Waals surface area contributed by atoms with Crippen molar-refractivity contribution in [1.29, 1.82) is 0 Å². The number of hydrogen-bond donors (Lipinski definition) is 0. The predicted octanol–water partition coefficient (Wildman–Crippen LogP) is 2.33. The number of ether oxygens (including phenoxy) is 4. The minimum atomic E-state index is -0.173. The summed E-state index contributed by atoms with van der Waals surface area (Å²) in [6, 6.07) is 7.41. The number of piperidine rings is 1. The molecule has 2 aliphatic heterocycles. The van der Waals surface area contributed by atoms with E-state index in [1.54, 1.807) is 0 Å². The van der Waals surface area contributed by atoms with E-state index in [1.165, 1.54) is 0 Å². The lowest BCUT2D eigenvalue weighted by atomic mass is 9.96. The lowest BCUT2D eigenvalue weighted by Gasteiger charge is -2.35. The first-order valence-corrected chi connectivity index (χ1v) is 9.11. The molecule has 2 fully saturated rings. The summed E-state index contributed by atoms with van der Waals surface area (Å²) in [6.45, 7) is 6.27. The van der Waals surface area contributed by atoms with Gasteiger partial charge in [0.25, 0.3) is 5.91 Å². The third-order valence-corrected chi connectivity index (χ3v) is 4.58. The molecule has 2 aliphatic rings. The quantitative estimate of drug-likeness (QED) is 0.707. The van der Waals surface area contributed by atoms with E-state index < -0.39 is 0 Å². The maximum atomic E-state index is 13.0. The maximum absolute atomic E-state index is 13.0. The second-order valence-corrected chi connectivity index (χ2v) is 6.30. The molecule has 0 radical (unpaired) electrons. The van der Waals surface area contributed by atoms with Gasteiger partial charge in [0.1, 0.15) is 12.4 Å². The molecule has 0 bridgehead atoms. The zero-order valence-electron chi connectivity index (χ0n) is 14.8. The molecule has 0 aliphatic carbocycles. The number of rotatable bonds is 7. The first kappa shape index (κ1) is 18.2. The van der Waals surface area contributed by atoms with Crippen LogP contribution >= 0.6 is 0 Å². The van der Waals surface area contributed by atoms with Crippen molar-refractivity contribution in [3.05, 3.63) is 29.8 Å². The van der Waals surface area contributed by atoms with Crippen LogP contribution in [-0.4, -0.2) is 63.2 Å². The molecule has 25 heavy (non-hydrogen) atoms. The monoisotopic (exact) mass is 349 g/mol. The highest BCUT2D eigenvalue weighted by atomic mass is 16.7. The van der Waals surface area contributed by atoms with Crippen LogP contribution < -0.4 is 4.74 Å². The SMILES string of the molecule is CCOCCOc1ccccc1C(=O)N1CCCC(C2OCCO2)C1. The number of carbonyl (C=O) groups excluding carboxylic acids is 1. The van der Waals surface area contributed by atoms with Crippen LogP contribution in [0.3, 0.4) is 0 Å². The van der Waals surface area contributed by atoms with Gasteiger partial charge in [-0.15, -0.1) is 0 Å². The van der Waals surface area contributed by atoms with Crippen molar-refractivity contribution < 1.29 is 23.7 Å². The van der Waals surface area contributed by atoms with Gasteiger partial charge < -0.3 is 23.8 Å². The summed E-state index contributed by atoms with van der Waals surface area (Å²) in [5, 5.41) is 0. The topological polar surface area (TPSA) is 57.2 Å². The van der Waals surface area contributed by atoms with E-state index in [2.05, 4.69) is 0 Å². The Hall–Kier alpha value is -1.63. The Kier molecular flexibility index (Phi) is 6.67. The van der Waals surface area contributed by atoms with Crippen molar-refractivity contribution in [1.82, 2.24) is 4.90 Å². The van der Waals surface area contributed by atoms with Crippen LogP contribution in [0.1, 0.15) is 30.1 Å². The summed E-state index contributed by atoms with van der Waals surface area (Å²) in [4.78, 5) is 14.9. The van der Waals surface area contributed by atoms with E-state index in [0.29, 0.717) is 50.9 Å². The normalized spacial score (nSPS) is 21.5. The Morgan fingerprint density at radius 2 is 2.04 bits per heavy atom. The van der Waals surface area contributed by atoms with Crippen LogP contribution in [0.15, 0.2) is 24.3 Å². The number of amides is 1. The van der Waals surface area contributed by atoms with E-state index in [9.17, 15) is 4.79 Å². The highest BCUT2D eigenvalue weighted by Crippen LogP contribution is 2.27. The molecule has 0 N–H and O–H groups in total. The summed E-state index contributed by atoms with van der Waals surface area (Å²) < 4.78 is 22.3. The van der Waals surface area contributed by atoms with Crippen LogP contribution in [0, 0.1) is 5.92 Å². The lowest BCUT2D eigenvalue weighted by molar-refractivity contribution is -0.0969. The number of para-hydroxylation sites is 1. The van der Waals surface area contributed by atoms with Crippen LogP contribution in [0.5, 0.6) is 5.75 Å². The molecule has 0 spiro atoms. The van der Waals surface area contributed by atoms with Crippen molar-refractivity contribution >= 4 is 5.91 Å². The van der Waals surface area contributed by atoms with Gasteiger partial charge in [0.2, 0.25) is 0 Å². The molecule has 3 rings (SSSR count). The zero-order chi connectivity index (χ0) is 17.5. The minimum absolute atomic E-state index is 0.00899.